The third kappa shape index (κ3) is 4.91. The summed E-state index contributed by atoms with van der Waals surface area (Å²) in [5, 5.41) is 14.6. The first kappa shape index (κ1) is 19.8. The average Bonchev–Trinajstić information content (AvgIpc) is 3.28. The summed E-state index contributed by atoms with van der Waals surface area (Å²) >= 11 is 0. The molecule has 9 heteroatoms. The van der Waals surface area contributed by atoms with Gasteiger partial charge in [-0.2, -0.15) is 0 Å². The smallest absolute Gasteiger partial charge is 0.340 e. The Bertz CT molecular complexity index is 1190. The van der Waals surface area contributed by atoms with E-state index >= 15 is 0 Å². The quantitative estimate of drug-likeness (QED) is 0.239. The largest absolute Gasteiger partial charge is 0.454 e. The zero-order valence-electron chi connectivity index (χ0n) is 16.0. The van der Waals surface area contributed by atoms with Crippen LogP contribution in [-0.4, -0.2) is 21.0 Å². The Labute approximate surface area is 176 Å². The first-order chi connectivity index (χ1) is 15.1. The summed E-state index contributed by atoms with van der Waals surface area (Å²) in [5.41, 5.74) is 1.36. The molecule has 0 N–H and O–H groups in total. The van der Waals surface area contributed by atoms with Gasteiger partial charge in [-0.05, 0) is 30.3 Å². The van der Waals surface area contributed by atoms with Crippen molar-refractivity contribution in [1.82, 2.24) is 10.1 Å². The van der Waals surface area contributed by atoms with Crippen LogP contribution in [0.3, 0.4) is 0 Å². The van der Waals surface area contributed by atoms with Crippen molar-refractivity contribution in [1.29, 1.82) is 0 Å². The number of rotatable bonds is 7. The molecule has 4 aromatic rings. The van der Waals surface area contributed by atoms with Crippen LogP contribution in [0.15, 0.2) is 83.5 Å². The molecule has 0 aliphatic rings. The Balaban J connectivity index is 1.34. The molecule has 2 aromatic heterocycles. The number of ether oxygens (including phenoxy) is 2. The van der Waals surface area contributed by atoms with Crippen LogP contribution in [0.4, 0.5) is 5.69 Å². The van der Waals surface area contributed by atoms with Crippen LogP contribution in [0.5, 0.6) is 11.6 Å². The summed E-state index contributed by atoms with van der Waals surface area (Å²) in [7, 11) is 0. The van der Waals surface area contributed by atoms with Crippen molar-refractivity contribution in [3.63, 3.8) is 0 Å². The van der Waals surface area contributed by atoms with E-state index in [0.717, 1.165) is 0 Å². The van der Waals surface area contributed by atoms with E-state index in [2.05, 4.69) is 10.1 Å². The Morgan fingerprint density at radius 1 is 1.03 bits per heavy atom. The molecule has 31 heavy (non-hydrogen) atoms. The molecule has 154 valence electrons. The number of para-hydroxylation sites is 1. The molecule has 0 saturated carbocycles. The van der Waals surface area contributed by atoms with Gasteiger partial charge in [0.1, 0.15) is 11.4 Å². The van der Waals surface area contributed by atoms with Gasteiger partial charge >= 0.3 is 5.97 Å². The van der Waals surface area contributed by atoms with Crippen LogP contribution in [0.1, 0.15) is 16.1 Å². The minimum Gasteiger partial charge on any atom is -0.454 e. The van der Waals surface area contributed by atoms with Gasteiger partial charge in [-0.3, -0.25) is 10.1 Å². The van der Waals surface area contributed by atoms with Gasteiger partial charge in [0, 0.05) is 36.0 Å². The molecule has 0 aliphatic heterocycles. The monoisotopic (exact) mass is 417 g/mol. The molecule has 0 fully saturated rings. The zero-order valence-corrected chi connectivity index (χ0v) is 16.0. The highest BCUT2D eigenvalue weighted by atomic mass is 16.6. The maximum absolute atomic E-state index is 12.2. The number of pyridine rings is 1. The first-order valence-electron chi connectivity index (χ1n) is 9.15. The molecule has 0 radical (unpaired) electrons. The van der Waals surface area contributed by atoms with Gasteiger partial charge in [-0.1, -0.05) is 23.4 Å². The van der Waals surface area contributed by atoms with Crippen LogP contribution >= 0.6 is 0 Å². The lowest BCUT2D eigenvalue weighted by Crippen LogP contribution is -2.05. The number of esters is 1. The van der Waals surface area contributed by atoms with E-state index in [1.165, 1.54) is 18.3 Å². The van der Waals surface area contributed by atoms with E-state index in [4.69, 9.17) is 14.0 Å². The van der Waals surface area contributed by atoms with E-state index in [9.17, 15) is 14.9 Å². The molecule has 0 bridgehead atoms. The SMILES string of the molecule is O=C(OCc1cc(-c2ccc([N+](=O)[O-])cc2)no1)c1ccc(Oc2ccccc2)nc1. The maximum Gasteiger partial charge on any atom is 0.340 e. The van der Waals surface area contributed by atoms with Gasteiger partial charge in [0.25, 0.3) is 5.69 Å². The summed E-state index contributed by atoms with van der Waals surface area (Å²) in [6.07, 6.45) is 1.36. The topological polar surface area (TPSA) is 118 Å². The second kappa shape index (κ2) is 8.87. The zero-order chi connectivity index (χ0) is 21.6. The molecular formula is C22H15N3O6. The summed E-state index contributed by atoms with van der Waals surface area (Å²) in [5.74, 6) is 0.746. The fraction of sp³-hybridized carbons (Fsp3) is 0.0455. The van der Waals surface area contributed by atoms with Crippen LogP contribution < -0.4 is 4.74 Å². The van der Waals surface area contributed by atoms with Gasteiger partial charge in [-0.15, -0.1) is 0 Å². The van der Waals surface area contributed by atoms with Crippen LogP contribution in [0.2, 0.25) is 0 Å². The Hall–Kier alpha value is -4.53. The third-order valence-electron chi connectivity index (χ3n) is 4.22. The van der Waals surface area contributed by atoms with Crippen molar-refractivity contribution in [2.45, 2.75) is 6.61 Å². The van der Waals surface area contributed by atoms with E-state index in [0.29, 0.717) is 28.6 Å². The molecule has 0 spiro atoms. The number of nitro benzene ring substituents is 1. The number of aromatic nitrogens is 2. The van der Waals surface area contributed by atoms with E-state index < -0.39 is 10.9 Å². The second-order valence-electron chi connectivity index (χ2n) is 6.36. The molecule has 4 rings (SSSR count). The van der Waals surface area contributed by atoms with Crippen LogP contribution in [-0.2, 0) is 11.3 Å². The number of non-ortho nitro benzene ring substituents is 1. The number of carbonyl (C=O) groups is 1. The molecule has 0 atom stereocenters. The molecule has 0 aliphatic carbocycles. The van der Waals surface area contributed by atoms with Crippen molar-refractivity contribution < 1.29 is 23.7 Å². The third-order valence-corrected chi connectivity index (χ3v) is 4.22. The van der Waals surface area contributed by atoms with Gasteiger partial charge in [0.15, 0.2) is 12.4 Å². The van der Waals surface area contributed by atoms with Gasteiger partial charge < -0.3 is 14.0 Å². The number of carbonyl (C=O) groups excluding carboxylic acids is 1. The fourth-order valence-corrected chi connectivity index (χ4v) is 2.66. The molecule has 2 heterocycles. The number of nitro groups is 1. The fourth-order valence-electron chi connectivity index (χ4n) is 2.66. The van der Waals surface area contributed by atoms with Crippen LogP contribution in [0.25, 0.3) is 11.3 Å². The lowest BCUT2D eigenvalue weighted by atomic mass is 10.1. The first-order valence-corrected chi connectivity index (χ1v) is 9.15. The molecule has 0 amide bonds. The average molecular weight is 417 g/mol. The highest BCUT2D eigenvalue weighted by Gasteiger charge is 2.13. The van der Waals surface area contributed by atoms with Crippen LogP contribution in [0, 0.1) is 10.1 Å². The number of hydrogen-bond acceptors (Lipinski definition) is 8. The highest BCUT2D eigenvalue weighted by Crippen LogP contribution is 2.23. The van der Waals surface area contributed by atoms with Crippen molar-refractivity contribution >= 4 is 11.7 Å². The molecule has 2 aromatic carbocycles. The molecular weight excluding hydrogens is 402 g/mol. The summed E-state index contributed by atoms with van der Waals surface area (Å²) in [4.78, 5) is 26.6. The van der Waals surface area contributed by atoms with Gasteiger partial charge in [-0.25, -0.2) is 9.78 Å². The minimum absolute atomic E-state index is 0.0183. The predicted octanol–water partition coefficient (Wildman–Crippen LogP) is 4.79. The van der Waals surface area contributed by atoms with Crippen molar-refractivity contribution in [3.05, 3.63) is 100 Å². The molecule has 9 nitrogen and oxygen atoms in total. The predicted molar refractivity (Wildman–Crippen MR) is 108 cm³/mol. The van der Waals surface area contributed by atoms with E-state index in [1.807, 2.05) is 18.2 Å². The summed E-state index contributed by atoms with van der Waals surface area (Å²) in [6, 6.07) is 19.8. The number of hydrogen-bond donors (Lipinski definition) is 0. The summed E-state index contributed by atoms with van der Waals surface area (Å²) in [6.45, 7) is -0.124. The highest BCUT2D eigenvalue weighted by molar-refractivity contribution is 5.89. The van der Waals surface area contributed by atoms with E-state index in [1.54, 1.807) is 42.5 Å². The minimum atomic E-state index is -0.577. The van der Waals surface area contributed by atoms with Crippen molar-refractivity contribution in [2.75, 3.05) is 0 Å². The Morgan fingerprint density at radius 3 is 2.48 bits per heavy atom. The van der Waals surface area contributed by atoms with Crippen molar-refractivity contribution in [2.24, 2.45) is 0 Å². The van der Waals surface area contributed by atoms with Gasteiger partial charge in [0.05, 0.1) is 10.5 Å². The lowest BCUT2D eigenvalue weighted by Gasteiger charge is -2.05. The maximum atomic E-state index is 12.2. The second-order valence-corrected chi connectivity index (χ2v) is 6.36. The standard InChI is InChI=1S/C22H15N3O6/c26-22(16-8-11-21(23-13-16)30-18-4-2-1-3-5-18)29-14-19-12-20(24-31-19)15-6-9-17(10-7-15)25(27)28/h1-13H,14H2. The molecule has 0 saturated heterocycles. The molecule has 0 unspecified atom stereocenters. The number of benzene rings is 2. The van der Waals surface area contributed by atoms with Crippen molar-refractivity contribution in [3.8, 4) is 22.9 Å². The number of nitrogens with zero attached hydrogens (tertiary/aromatic N) is 3. The normalized spacial score (nSPS) is 10.5. The Kier molecular flexibility index (Phi) is 5.66. The lowest BCUT2D eigenvalue weighted by molar-refractivity contribution is -0.384. The van der Waals surface area contributed by atoms with E-state index in [-0.39, 0.29) is 17.9 Å². The Morgan fingerprint density at radius 2 is 1.81 bits per heavy atom. The summed E-state index contributed by atoms with van der Waals surface area (Å²) < 4.78 is 16.0. The van der Waals surface area contributed by atoms with Gasteiger partial charge in [0.2, 0.25) is 5.88 Å².